The molecule has 1 amide bonds. The lowest BCUT2D eigenvalue weighted by molar-refractivity contribution is 0.0714. The summed E-state index contributed by atoms with van der Waals surface area (Å²) in [6.45, 7) is 4.60. The van der Waals surface area contributed by atoms with E-state index in [9.17, 15) is 4.79 Å². The minimum Gasteiger partial charge on any atom is -0.335 e. The van der Waals surface area contributed by atoms with Gasteiger partial charge in [0, 0.05) is 30.4 Å². The van der Waals surface area contributed by atoms with Gasteiger partial charge in [-0.1, -0.05) is 18.2 Å². The first-order chi connectivity index (χ1) is 8.74. The van der Waals surface area contributed by atoms with Gasteiger partial charge in [0.05, 0.1) is 4.88 Å². The van der Waals surface area contributed by atoms with Gasteiger partial charge >= 0.3 is 0 Å². The van der Waals surface area contributed by atoms with Crippen LogP contribution in [0.25, 0.3) is 10.1 Å². The maximum absolute atomic E-state index is 12.4. The molecule has 0 spiro atoms. The highest BCUT2D eigenvalue weighted by atomic mass is 32.1. The Labute approximate surface area is 110 Å². The quantitative estimate of drug-likeness (QED) is 0.853. The number of benzene rings is 1. The van der Waals surface area contributed by atoms with Crippen LogP contribution in [0.5, 0.6) is 0 Å². The summed E-state index contributed by atoms with van der Waals surface area (Å²) in [5.41, 5.74) is 0. The van der Waals surface area contributed by atoms with Crippen LogP contribution in [0.15, 0.2) is 30.3 Å². The maximum Gasteiger partial charge on any atom is 0.264 e. The van der Waals surface area contributed by atoms with Crippen molar-refractivity contribution in [1.82, 2.24) is 10.2 Å². The fourth-order valence-electron chi connectivity index (χ4n) is 2.36. The van der Waals surface area contributed by atoms with Crippen molar-refractivity contribution in [1.29, 1.82) is 0 Å². The molecule has 1 fully saturated rings. The summed E-state index contributed by atoms with van der Waals surface area (Å²) in [5, 5.41) is 4.52. The largest absolute Gasteiger partial charge is 0.335 e. The van der Waals surface area contributed by atoms with E-state index in [-0.39, 0.29) is 5.91 Å². The van der Waals surface area contributed by atoms with Crippen LogP contribution < -0.4 is 5.32 Å². The lowest BCUT2D eigenvalue weighted by Gasteiger charge is -2.31. The van der Waals surface area contributed by atoms with Gasteiger partial charge in [0.15, 0.2) is 0 Å². The zero-order valence-electron chi connectivity index (χ0n) is 10.3. The second kappa shape index (κ2) is 4.71. The first-order valence-corrected chi connectivity index (χ1v) is 7.07. The smallest absolute Gasteiger partial charge is 0.264 e. The number of fused-ring (bicyclic) bond motifs is 1. The summed E-state index contributed by atoms with van der Waals surface area (Å²) in [7, 11) is 0. The van der Waals surface area contributed by atoms with Crippen molar-refractivity contribution in [3.05, 3.63) is 35.2 Å². The van der Waals surface area contributed by atoms with Gasteiger partial charge in [-0.25, -0.2) is 0 Å². The molecule has 94 valence electrons. The number of rotatable bonds is 1. The summed E-state index contributed by atoms with van der Waals surface area (Å²) >= 11 is 1.59. The third kappa shape index (κ3) is 2.13. The number of hydrogen-bond acceptors (Lipinski definition) is 3. The fraction of sp³-hybridized carbons (Fsp3) is 0.357. The first kappa shape index (κ1) is 11.7. The van der Waals surface area contributed by atoms with E-state index in [4.69, 9.17) is 0 Å². The molecule has 1 aliphatic rings. The van der Waals surface area contributed by atoms with E-state index in [1.54, 1.807) is 11.3 Å². The SMILES string of the molecule is C[C@H]1CN(C(=O)c2cc3ccccc3s2)CCN1. The Morgan fingerprint density at radius 3 is 3.06 bits per heavy atom. The number of nitrogens with one attached hydrogen (secondary N) is 1. The minimum atomic E-state index is 0.171. The Hall–Kier alpha value is -1.39. The normalized spacial score (nSPS) is 20.3. The number of amides is 1. The zero-order valence-corrected chi connectivity index (χ0v) is 11.2. The van der Waals surface area contributed by atoms with Crippen molar-refractivity contribution >= 4 is 27.3 Å². The van der Waals surface area contributed by atoms with Crippen LogP contribution in [0.4, 0.5) is 0 Å². The van der Waals surface area contributed by atoms with Crippen LogP contribution >= 0.6 is 11.3 Å². The predicted molar refractivity (Wildman–Crippen MR) is 75.2 cm³/mol. The van der Waals surface area contributed by atoms with E-state index >= 15 is 0 Å². The number of nitrogens with zero attached hydrogens (tertiary/aromatic N) is 1. The Kier molecular flexibility index (Phi) is 3.06. The van der Waals surface area contributed by atoms with Crippen LogP contribution in [0, 0.1) is 0 Å². The first-order valence-electron chi connectivity index (χ1n) is 6.25. The number of carbonyl (C=O) groups is 1. The summed E-state index contributed by atoms with van der Waals surface area (Å²) in [6.07, 6.45) is 0. The monoisotopic (exact) mass is 260 g/mol. The van der Waals surface area contributed by atoms with Crippen LogP contribution in [-0.4, -0.2) is 36.5 Å². The van der Waals surface area contributed by atoms with Gasteiger partial charge in [0.25, 0.3) is 5.91 Å². The number of hydrogen-bond donors (Lipinski definition) is 1. The van der Waals surface area contributed by atoms with Crippen LogP contribution in [0.3, 0.4) is 0 Å². The lowest BCUT2D eigenvalue weighted by Crippen LogP contribution is -2.51. The number of thiophene rings is 1. The van der Waals surface area contributed by atoms with E-state index in [1.807, 2.05) is 23.1 Å². The molecule has 0 radical (unpaired) electrons. The van der Waals surface area contributed by atoms with E-state index in [1.165, 1.54) is 4.70 Å². The molecule has 1 aliphatic heterocycles. The molecule has 4 heteroatoms. The second-order valence-electron chi connectivity index (χ2n) is 4.75. The number of carbonyl (C=O) groups excluding carboxylic acids is 1. The summed E-state index contributed by atoms with van der Waals surface area (Å²) in [5.74, 6) is 0.171. The summed E-state index contributed by atoms with van der Waals surface area (Å²) in [4.78, 5) is 15.2. The van der Waals surface area contributed by atoms with Crippen molar-refractivity contribution in [2.75, 3.05) is 19.6 Å². The van der Waals surface area contributed by atoms with Crippen molar-refractivity contribution in [2.45, 2.75) is 13.0 Å². The van der Waals surface area contributed by atoms with Gasteiger partial charge in [-0.05, 0) is 24.4 Å². The van der Waals surface area contributed by atoms with Gasteiger partial charge in [-0.15, -0.1) is 11.3 Å². The molecule has 18 heavy (non-hydrogen) atoms. The van der Waals surface area contributed by atoms with Gasteiger partial charge in [0.1, 0.15) is 0 Å². The zero-order chi connectivity index (χ0) is 12.5. The molecule has 1 atom stereocenters. The Balaban J connectivity index is 1.87. The Morgan fingerprint density at radius 2 is 2.28 bits per heavy atom. The van der Waals surface area contributed by atoms with Gasteiger partial charge in [-0.3, -0.25) is 4.79 Å². The van der Waals surface area contributed by atoms with Gasteiger partial charge in [-0.2, -0.15) is 0 Å². The molecule has 0 saturated carbocycles. The average Bonchev–Trinajstić information content (AvgIpc) is 2.81. The molecule has 2 heterocycles. The molecule has 1 N–H and O–H groups in total. The summed E-state index contributed by atoms with van der Waals surface area (Å²) in [6, 6.07) is 10.5. The molecule has 1 aromatic heterocycles. The topological polar surface area (TPSA) is 32.3 Å². The predicted octanol–water partition coefficient (Wildman–Crippen LogP) is 2.34. The van der Waals surface area contributed by atoms with Gasteiger partial charge in [0.2, 0.25) is 0 Å². The molecule has 2 aromatic rings. The third-order valence-corrected chi connectivity index (χ3v) is 4.40. The minimum absolute atomic E-state index is 0.171. The Bertz CT molecular complexity index is 545. The average molecular weight is 260 g/mol. The molecule has 3 rings (SSSR count). The van der Waals surface area contributed by atoms with Crippen LogP contribution in [-0.2, 0) is 0 Å². The van der Waals surface area contributed by atoms with Crippen LogP contribution in [0.2, 0.25) is 0 Å². The van der Waals surface area contributed by atoms with E-state index in [0.29, 0.717) is 6.04 Å². The molecule has 1 aromatic carbocycles. The molecule has 0 bridgehead atoms. The molecule has 1 saturated heterocycles. The molecule has 0 aliphatic carbocycles. The van der Waals surface area contributed by atoms with Crippen LogP contribution in [0.1, 0.15) is 16.6 Å². The highest BCUT2D eigenvalue weighted by Crippen LogP contribution is 2.26. The van der Waals surface area contributed by atoms with Gasteiger partial charge < -0.3 is 10.2 Å². The van der Waals surface area contributed by atoms with Crippen molar-refractivity contribution in [3.63, 3.8) is 0 Å². The van der Waals surface area contributed by atoms with E-state index < -0.39 is 0 Å². The van der Waals surface area contributed by atoms with Crippen molar-refractivity contribution < 1.29 is 4.79 Å². The van der Waals surface area contributed by atoms with E-state index in [0.717, 1.165) is 29.9 Å². The van der Waals surface area contributed by atoms with E-state index in [2.05, 4.69) is 24.4 Å². The molecular weight excluding hydrogens is 244 g/mol. The molecular formula is C14H16N2OS. The van der Waals surface area contributed by atoms with Crippen molar-refractivity contribution in [3.8, 4) is 0 Å². The highest BCUT2D eigenvalue weighted by molar-refractivity contribution is 7.20. The highest BCUT2D eigenvalue weighted by Gasteiger charge is 2.22. The Morgan fingerprint density at radius 1 is 1.44 bits per heavy atom. The van der Waals surface area contributed by atoms with Crippen molar-refractivity contribution in [2.24, 2.45) is 0 Å². The standard InChI is InChI=1S/C14H16N2OS/c1-10-9-16(7-6-15-10)14(17)13-8-11-4-2-3-5-12(11)18-13/h2-5,8,10,15H,6-7,9H2,1H3/t10-/m0/s1. The fourth-order valence-corrected chi connectivity index (χ4v) is 3.39. The molecule has 0 unspecified atom stereocenters. The maximum atomic E-state index is 12.4. The lowest BCUT2D eigenvalue weighted by atomic mass is 10.2. The molecule has 3 nitrogen and oxygen atoms in total. The number of piperazine rings is 1. The summed E-state index contributed by atoms with van der Waals surface area (Å²) < 4.78 is 1.18. The third-order valence-electron chi connectivity index (χ3n) is 3.29. The second-order valence-corrected chi connectivity index (χ2v) is 5.84.